The highest BCUT2D eigenvalue weighted by Gasteiger charge is 2.11. The zero-order valence-electron chi connectivity index (χ0n) is 8.69. The number of aromatic nitrogens is 4. The van der Waals surface area contributed by atoms with E-state index in [1.165, 1.54) is 6.20 Å². The van der Waals surface area contributed by atoms with Gasteiger partial charge in [-0.25, -0.2) is 4.98 Å². The Kier molecular flexibility index (Phi) is 2.93. The lowest BCUT2D eigenvalue weighted by atomic mass is 10.6. The third-order valence-corrected chi connectivity index (χ3v) is 2.23. The van der Waals surface area contributed by atoms with Crippen LogP contribution in [0, 0.1) is 0 Å². The van der Waals surface area contributed by atoms with E-state index < -0.39 is 0 Å². The summed E-state index contributed by atoms with van der Waals surface area (Å²) in [7, 11) is 0. The molecule has 0 aromatic carbocycles. The molecule has 0 bridgehead atoms. The van der Waals surface area contributed by atoms with Crippen LogP contribution in [0.25, 0.3) is 5.78 Å². The SMILES string of the molecule is Nc1cnc2ncn(N(CCO)CCO)n12. The first kappa shape index (κ1) is 10.7. The largest absolute Gasteiger partial charge is 0.394 e. The fourth-order valence-electron chi connectivity index (χ4n) is 1.55. The Bertz CT molecular complexity index is 458. The molecule has 2 heterocycles. The summed E-state index contributed by atoms with van der Waals surface area (Å²) in [5.74, 6) is 0.937. The summed E-state index contributed by atoms with van der Waals surface area (Å²) in [5, 5.41) is 19.6. The first-order valence-corrected chi connectivity index (χ1v) is 4.91. The average molecular weight is 226 g/mol. The molecule has 0 fully saturated rings. The summed E-state index contributed by atoms with van der Waals surface area (Å²) in [6, 6.07) is 0. The summed E-state index contributed by atoms with van der Waals surface area (Å²) in [6.45, 7) is 0.718. The molecule has 16 heavy (non-hydrogen) atoms. The van der Waals surface area contributed by atoms with Gasteiger partial charge in [0.1, 0.15) is 12.1 Å². The Morgan fingerprint density at radius 2 is 1.94 bits per heavy atom. The summed E-state index contributed by atoms with van der Waals surface area (Å²) in [4.78, 5) is 9.68. The highest BCUT2D eigenvalue weighted by atomic mass is 16.3. The molecule has 0 saturated heterocycles. The molecule has 0 spiro atoms. The van der Waals surface area contributed by atoms with E-state index in [2.05, 4.69) is 9.97 Å². The number of hydrogen-bond acceptors (Lipinski definition) is 6. The molecule has 0 saturated carbocycles. The van der Waals surface area contributed by atoms with Crippen LogP contribution in [0.2, 0.25) is 0 Å². The van der Waals surface area contributed by atoms with Crippen molar-refractivity contribution < 1.29 is 10.2 Å². The average Bonchev–Trinajstić information content (AvgIpc) is 2.82. The lowest BCUT2D eigenvalue weighted by Crippen LogP contribution is -2.41. The molecule has 88 valence electrons. The van der Waals surface area contributed by atoms with Gasteiger partial charge < -0.3 is 15.9 Å². The number of fused-ring (bicyclic) bond motifs is 1. The van der Waals surface area contributed by atoms with Crippen molar-refractivity contribution in [2.45, 2.75) is 0 Å². The van der Waals surface area contributed by atoms with E-state index in [-0.39, 0.29) is 13.2 Å². The maximum absolute atomic E-state index is 8.94. The monoisotopic (exact) mass is 226 g/mol. The van der Waals surface area contributed by atoms with Gasteiger partial charge in [0.15, 0.2) is 0 Å². The molecule has 0 unspecified atom stereocenters. The third kappa shape index (κ3) is 1.68. The van der Waals surface area contributed by atoms with Crippen LogP contribution in [0.15, 0.2) is 12.5 Å². The molecule has 2 aromatic heterocycles. The first-order valence-electron chi connectivity index (χ1n) is 4.91. The normalized spacial score (nSPS) is 11.1. The predicted octanol–water partition coefficient (Wildman–Crippen LogP) is -1.96. The van der Waals surface area contributed by atoms with Crippen molar-refractivity contribution in [1.82, 2.24) is 19.3 Å². The minimum Gasteiger partial charge on any atom is -0.394 e. The van der Waals surface area contributed by atoms with E-state index in [1.807, 2.05) is 0 Å². The molecule has 0 aliphatic heterocycles. The van der Waals surface area contributed by atoms with E-state index in [0.717, 1.165) is 0 Å². The van der Waals surface area contributed by atoms with Crippen molar-refractivity contribution in [1.29, 1.82) is 0 Å². The molecule has 0 aliphatic rings. The van der Waals surface area contributed by atoms with Crippen molar-refractivity contribution in [2.75, 3.05) is 37.0 Å². The van der Waals surface area contributed by atoms with Crippen LogP contribution in [-0.2, 0) is 0 Å². The summed E-state index contributed by atoms with van der Waals surface area (Å²) < 4.78 is 1.60. The van der Waals surface area contributed by atoms with Crippen LogP contribution in [0.4, 0.5) is 5.82 Å². The van der Waals surface area contributed by atoms with Crippen LogP contribution < -0.4 is 10.7 Å². The molecular formula is C8H14N6O2. The van der Waals surface area contributed by atoms with Crippen molar-refractivity contribution >= 4 is 11.6 Å². The molecule has 0 amide bonds. The van der Waals surface area contributed by atoms with Gasteiger partial charge in [0.05, 0.1) is 32.5 Å². The van der Waals surface area contributed by atoms with Crippen LogP contribution in [0.1, 0.15) is 0 Å². The van der Waals surface area contributed by atoms with Gasteiger partial charge >= 0.3 is 0 Å². The molecule has 0 radical (unpaired) electrons. The Balaban J connectivity index is 2.38. The van der Waals surface area contributed by atoms with Gasteiger partial charge in [-0.3, -0.25) is 5.01 Å². The molecule has 0 aliphatic carbocycles. The number of aliphatic hydroxyl groups excluding tert-OH is 2. The molecule has 4 N–H and O–H groups in total. The van der Waals surface area contributed by atoms with Crippen molar-refractivity contribution in [3.63, 3.8) is 0 Å². The van der Waals surface area contributed by atoms with Gasteiger partial charge in [-0.2, -0.15) is 14.3 Å². The fourth-order valence-corrected chi connectivity index (χ4v) is 1.55. The number of rotatable bonds is 5. The summed E-state index contributed by atoms with van der Waals surface area (Å²) >= 11 is 0. The smallest absolute Gasteiger partial charge is 0.254 e. The van der Waals surface area contributed by atoms with Gasteiger partial charge in [-0.05, 0) is 0 Å². The maximum Gasteiger partial charge on any atom is 0.254 e. The highest BCUT2D eigenvalue weighted by molar-refractivity contribution is 5.40. The molecule has 2 rings (SSSR count). The number of anilines is 1. The van der Waals surface area contributed by atoms with Gasteiger partial charge in [-0.15, -0.1) is 0 Å². The highest BCUT2D eigenvalue weighted by Crippen LogP contribution is 2.06. The van der Waals surface area contributed by atoms with E-state index in [1.54, 1.807) is 20.6 Å². The van der Waals surface area contributed by atoms with Crippen molar-refractivity contribution in [3.8, 4) is 0 Å². The zero-order chi connectivity index (χ0) is 11.5. The minimum absolute atomic E-state index is 0.0196. The first-order chi connectivity index (χ1) is 7.77. The lowest BCUT2D eigenvalue weighted by Gasteiger charge is -2.23. The topological polar surface area (TPSA) is 105 Å². The van der Waals surface area contributed by atoms with E-state index in [9.17, 15) is 0 Å². The standard InChI is InChI=1S/C8H14N6O2/c9-7-5-10-8-11-6-13(14(7)8)12(1-3-15)2-4-16/h5-6,15-16H,1-4,9H2. The van der Waals surface area contributed by atoms with Gasteiger partial charge in [-0.1, -0.05) is 0 Å². The Labute approximate surface area is 91.5 Å². The Morgan fingerprint density at radius 1 is 1.25 bits per heavy atom. The third-order valence-electron chi connectivity index (χ3n) is 2.23. The number of imidazole rings is 1. The van der Waals surface area contributed by atoms with Crippen molar-refractivity contribution in [2.24, 2.45) is 0 Å². The van der Waals surface area contributed by atoms with Crippen LogP contribution in [-0.4, -0.2) is 55.8 Å². The molecule has 8 nitrogen and oxygen atoms in total. The summed E-state index contributed by atoms with van der Waals surface area (Å²) in [5.41, 5.74) is 5.74. The maximum atomic E-state index is 8.94. The summed E-state index contributed by atoms with van der Waals surface area (Å²) in [6.07, 6.45) is 3.05. The second-order valence-electron chi connectivity index (χ2n) is 3.26. The lowest BCUT2D eigenvalue weighted by molar-refractivity contribution is 0.259. The molecule has 8 heteroatoms. The molecular weight excluding hydrogens is 212 g/mol. The van der Waals surface area contributed by atoms with E-state index in [0.29, 0.717) is 24.7 Å². The van der Waals surface area contributed by atoms with Crippen molar-refractivity contribution in [3.05, 3.63) is 12.5 Å². The van der Waals surface area contributed by atoms with Crippen LogP contribution in [0.5, 0.6) is 0 Å². The second-order valence-corrected chi connectivity index (χ2v) is 3.26. The minimum atomic E-state index is -0.0196. The predicted molar refractivity (Wildman–Crippen MR) is 57.5 cm³/mol. The molecule has 0 atom stereocenters. The Morgan fingerprint density at radius 3 is 2.56 bits per heavy atom. The van der Waals surface area contributed by atoms with Gasteiger partial charge in [0.2, 0.25) is 0 Å². The number of aliphatic hydroxyl groups is 2. The number of nitrogen functional groups attached to an aromatic ring is 1. The van der Waals surface area contributed by atoms with E-state index >= 15 is 0 Å². The second kappa shape index (κ2) is 4.37. The van der Waals surface area contributed by atoms with Crippen LogP contribution >= 0.6 is 0 Å². The van der Waals surface area contributed by atoms with E-state index in [4.69, 9.17) is 15.9 Å². The zero-order valence-corrected chi connectivity index (χ0v) is 8.69. The number of nitrogens with two attached hydrogens (primary N) is 1. The Hall–Kier alpha value is -1.80. The van der Waals surface area contributed by atoms with Gasteiger partial charge in [0.25, 0.3) is 5.78 Å². The quantitative estimate of drug-likeness (QED) is 0.546. The molecule has 2 aromatic rings. The fraction of sp³-hybridized carbons (Fsp3) is 0.500. The number of nitrogens with zero attached hydrogens (tertiary/aromatic N) is 5. The van der Waals surface area contributed by atoms with Crippen LogP contribution in [0.3, 0.4) is 0 Å². The number of hydrogen-bond donors (Lipinski definition) is 3. The van der Waals surface area contributed by atoms with Gasteiger partial charge in [0, 0.05) is 0 Å².